The van der Waals surface area contributed by atoms with Crippen LogP contribution in [-0.4, -0.2) is 31.5 Å². The highest BCUT2D eigenvalue weighted by Crippen LogP contribution is 2.33. The maximum Gasteiger partial charge on any atom is 0.272 e. The molecule has 0 N–H and O–H groups in total. The number of anilines is 1. The predicted octanol–water partition coefficient (Wildman–Crippen LogP) is 2.13. The third kappa shape index (κ3) is 3.56. The van der Waals surface area contributed by atoms with Gasteiger partial charge < -0.3 is 4.90 Å². The number of benzene rings is 1. The number of halogens is 1. The van der Waals surface area contributed by atoms with Crippen molar-refractivity contribution in [2.45, 2.75) is 20.3 Å². The molecule has 120 valence electrons. The van der Waals surface area contributed by atoms with Crippen LogP contribution in [0.1, 0.15) is 17.5 Å². The molecule has 0 radical (unpaired) electrons. The second-order valence-electron chi connectivity index (χ2n) is 5.46. The van der Waals surface area contributed by atoms with Crippen molar-refractivity contribution < 1.29 is 18.1 Å². The second-order valence-corrected chi connectivity index (χ2v) is 8.28. The molecule has 0 saturated carbocycles. The summed E-state index contributed by atoms with van der Waals surface area (Å²) < 4.78 is 22.3. The zero-order valence-electron chi connectivity index (χ0n) is 12.1. The zero-order chi connectivity index (χ0) is 16.7. The summed E-state index contributed by atoms with van der Waals surface area (Å²) >= 11 is 0. The standard InChI is InChI=1S/C13H15ClN2O5S/c1-8-4-12(16(18)19)9(2)3-11(8)15-6-10(5-13(15)17)7-22(14,20)21/h3-4,10H,5-7H2,1-2H3. The van der Waals surface area contributed by atoms with E-state index in [0.717, 1.165) is 0 Å². The molecular weight excluding hydrogens is 332 g/mol. The molecule has 1 aliphatic heterocycles. The third-order valence-electron chi connectivity index (χ3n) is 3.64. The zero-order valence-corrected chi connectivity index (χ0v) is 13.6. The molecule has 1 aliphatic rings. The van der Waals surface area contributed by atoms with Gasteiger partial charge in [-0.3, -0.25) is 14.9 Å². The molecular formula is C13H15ClN2O5S. The average Bonchev–Trinajstić information content (AvgIpc) is 2.69. The van der Waals surface area contributed by atoms with Crippen molar-refractivity contribution in [1.29, 1.82) is 0 Å². The SMILES string of the molecule is Cc1cc([N+](=O)[O-])c(C)cc1N1CC(CS(=O)(=O)Cl)CC1=O. The maximum absolute atomic E-state index is 12.1. The predicted molar refractivity (Wildman–Crippen MR) is 82.7 cm³/mol. The quantitative estimate of drug-likeness (QED) is 0.472. The van der Waals surface area contributed by atoms with Gasteiger partial charge in [0.15, 0.2) is 0 Å². The number of hydrogen-bond donors (Lipinski definition) is 0. The first-order valence-electron chi connectivity index (χ1n) is 6.57. The van der Waals surface area contributed by atoms with E-state index < -0.39 is 14.0 Å². The van der Waals surface area contributed by atoms with Crippen LogP contribution in [0.3, 0.4) is 0 Å². The van der Waals surface area contributed by atoms with Gasteiger partial charge in [0.25, 0.3) is 5.69 Å². The second kappa shape index (κ2) is 5.85. The Balaban J connectivity index is 2.31. The van der Waals surface area contributed by atoms with Crippen LogP contribution in [0, 0.1) is 29.9 Å². The van der Waals surface area contributed by atoms with Crippen molar-refractivity contribution in [3.8, 4) is 0 Å². The molecule has 7 nitrogen and oxygen atoms in total. The van der Waals surface area contributed by atoms with E-state index in [9.17, 15) is 23.3 Å². The number of amides is 1. The molecule has 1 aromatic carbocycles. The number of nitro groups is 1. The lowest BCUT2D eigenvalue weighted by atomic mass is 10.1. The summed E-state index contributed by atoms with van der Waals surface area (Å²) in [6.07, 6.45) is 0.0986. The molecule has 0 bridgehead atoms. The molecule has 1 heterocycles. The van der Waals surface area contributed by atoms with E-state index >= 15 is 0 Å². The van der Waals surface area contributed by atoms with Crippen molar-refractivity contribution in [3.63, 3.8) is 0 Å². The van der Waals surface area contributed by atoms with E-state index in [0.29, 0.717) is 16.8 Å². The fourth-order valence-corrected chi connectivity index (χ4v) is 4.00. The Morgan fingerprint density at radius 2 is 2.00 bits per heavy atom. The van der Waals surface area contributed by atoms with Gasteiger partial charge in [-0.1, -0.05) is 0 Å². The number of hydrogen-bond acceptors (Lipinski definition) is 5. The van der Waals surface area contributed by atoms with Crippen LogP contribution in [0.25, 0.3) is 0 Å². The highest BCUT2D eigenvalue weighted by molar-refractivity contribution is 8.13. The molecule has 1 unspecified atom stereocenters. The molecule has 0 aromatic heterocycles. The van der Waals surface area contributed by atoms with Crippen molar-refractivity contribution >= 4 is 37.0 Å². The van der Waals surface area contributed by atoms with Crippen LogP contribution in [0.5, 0.6) is 0 Å². The first-order valence-corrected chi connectivity index (χ1v) is 9.04. The topological polar surface area (TPSA) is 97.6 Å². The lowest BCUT2D eigenvalue weighted by Gasteiger charge is -2.19. The highest BCUT2D eigenvalue weighted by Gasteiger charge is 2.34. The third-order valence-corrected chi connectivity index (χ3v) is 4.89. The molecule has 0 aliphatic carbocycles. The monoisotopic (exact) mass is 346 g/mol. The summed E-state index contributed by atoms with van der Waals surface area (Å²) in [6.45, 7) is 3.52. The largest absolute Gasteiger partial charge is 0.312 e. The van der Waals surface area contributed by atoms with Crippen LogP contribution in [-0.2, 0) is 13.8 Å². The Labute approximate surface area is 132 Å². The van der Waals surface area contributed by atoms with Gasteiger partial charge in [0.2, 0.25) is 15.0 Å². The van der Waals surface area contributed by atoms with Gasteiger partial charge in [-0.15, -0.1) is 0 Å². The van der Waals surface area contributed by atoms with Gasteiger partial charge in [0, 0.05) is 46.9 Å². The van der Waals surface area contributed by atoms with Crippen molar-refractivity contribution in [2.24, 2.45) is 5.92 Å². The van der Waals surface area contributed by atoms with E-state index in [2.05, 4.69) is 0 Å². The average molecular weight is 347 g/mol. The number of nitrogens with zero attached hydrogens (tertiary/aromatic N) is 2. The number of carbonyl (C=O) groups is 1. The van der Waals surface area contributed by atoms with E-state index in [1.54, 1.807) is 19.9 Å². The summed E-state index contributed by atoms with van der Waals surface area (Å²) in [7, 11) is 1.57. The Morgan fingerprint density at radius 3 is 2.55 bits per heavy atom. The van der Waals surface area contributed by atoms with Crippen LogP contribution < -0.4 is 4.90 Å². The highest BCUT2D eigenvalue weighted by atomic mass is 35.7. The van der Waals surface area contributed by atoms with Gasteiger partial charge in [0.1, 0.15) is 0 Å². The van der Waals surface area contributed by atoms with E-state index in [-0.39, 0.29) is 36.2 Å². The first-order chi connectivity index (χ1) is 10.1. The molecule has 9 heteroatoms. The molecule has 1 aromatic rings. The molecule has 0 spiro atoms. The Bertz CT molecular complexity index is 747. The fourth-order valence-electron chi connectivity index (χ4n) is 2.68. The normalized spacial score (nSPS) is 18.8. The Morgan fingerprint density at radius 1 is 1.36 bits per heavy atom. The minimum Gasteiger partial charge on any atom is -0.312 e. The summed E-state index contributed by atoms with van der Waals surface area (Å²) in [5.41, 5.74) is 1.61. The number of nitro benzene ring substituents is 1. The Hall–Kier alpha value is -1.67. The molecule has 1 fully saturated rings. The van der Waals surface area contributed by atoms with Crippen LogP contribution in [0.2, 0.25) is 0 Å². The Kier molecular flexibility index (Phi) is 4.44. The molecule has 1 atom stereocenters. The van der Waals surface area contributed by atoms with Gasteiger partial charge in [-0.05, 0) is 25.5 Å². The lowest BCUT2D eigenvalue weighted by molar-refractivity contribution is -0.385. The summed E-state index contributed by atoms with van der Waals surface area (Å²) in [6, 6.07) is 3.01. The van der Waals surface area contributed by atoms with Gasteiger partial charge in [-0.25, -0.2) is 8.42 Å². The fraction of sp³-hybridized carbons (Fsp3) is 0.462. The number of rotatable bonds is 4. The van der Waals surface area contributed by atoms with Crippen molar-refractivity contribution in [1.82, 2.24) is 0 Å². The maximum atomic E-state index is 12.1. The molecule has 1 amide bonds. The van der Waals surface area contributed by atoms with Crippen molar-refractivity contribution in [2.75, 3.05) is 17.2 Å². The van der Waals surface area contributed by atoms with Crippen LogP contribution >= 0.6 is 10.7 Å². The minimum atomic E-state index is -3.67. The minimum absolute atomic E-state index is 0.00668. The molecule has 1 saturated heterocycles. The number of carbonyl (C=O) groups excluding carboxylic acids is 1. The smallest absolute Gasteiger partial charge is 0.272 e. The summed E-state index contributed by atoms with van der Waals surface area (Å²) in [5.74, 6) is -0.839. The number of aryl methyl sites for hydroxylation is 2. The van der Waals surface area contributed by atoms with Gasteiger partial charge in [-0.2, -0.15) is 0 Å². The van der Waals surface area contributed by atoms with E-state index in [4.69, 9.17) is 10.7 Å². The van der Waals surface area contributed by atoms with Crippen molar-refractivity contribution in [3.05, 3.63) is 33.4 Å². The molecule has 2 rings (SSSR count). The summed E-state index contributed by atoms with van der Waals surface area (Å²) in [4.78, 5) is 24.0. The van der Waals surface area contributed by atoms with Crippen LogP contribution in [0.4, 0.5) is 11.4 Å². The lowest BCUT2D eigenvalue weighted by Crippen LogP contribution is -2.26. The van der Waals surface area contributed by atoms with Gasteiger partial charge >= 0.3 is 0 Å². The van der Waals surface area contributed by atoms with E-state index in [1.807, 2.05) is 0 Å². The molecule has 22 heavy (non-hydrogen) atoms. The first kappa shape index (κ1) is 16.7. The van der Waals surface area contributed by atoms with Crippen LogP contribution in [0.15, 0.2) is 12.1 Å². The van der Waals surface area contributed by atoms with Gasteiger partial charge in [0.05, 0.1) is 10.7 Å². The van der Waals surface area contributed by atoms with E-state index in [1.165, 1.54) is 11.0 Å². The summed E-state index contributed by atoms with van der Waals surface area (Å²) in [5, 5.41) is 10.9.